The highest BCUT2D eigenvalue weighted by atomic mass is 32.1. The van der Waals surface area contributed by atoms with Crippen LogP contribution in [0.4, 0.5) is 4.79 Å². The summed E-state index contributed by atoms with van der Waals surface area (Å²) in [6.45, 7) is 1.89. The summed E-state index contributed by atoms with van der Waals surface area (Å²) in [5, 5.41) is 19.7. The zero-order chi connectivity index (χ0) is 10.6. The van der Waals surface area contributed by atoms with E-state index in [1.165, 1.54) is 4.90 Å². The van der Waals surface area contributed by atoms with E-state index < -0.39 is 6.09 Å². The first-order chi connectivity index (χ1) is 6.65. The van der Waals surface area contributed by atoms with Crippen LogP contribution in [-0.4, -0.2) is 52.3 Å². The maximum Gasteiger partial charge on any atom is 0.407 e. The third-order valence-corrected chi connectivity index (χ3v) is 2.36. The lowest BCUT2D eigenvalue weighted by Gasteiger charge is -2.33. The molecule has 6 nitrogen and oxygen atoms in total. The monoisotopic (exact) mass is 214 g/mol. The van der Waals surface area contributed by atoms with Crippen LogP contribution in [0.3, 0.4) is 0 Å². The molecule has 0 aromatic heterocycles. The zero-order valence-electron chi connectivity index (χ0n) is 7.43. The fourth-order valence-electron chi connectivity index (χ4n) is 1.23. The van der Waals surface area contributed by atoms with Gasteiger partial charge in [0, 0.05) is 26.2 Å². The van der Waals surface area contributed by atoms with Crippen molar-refractivity contribution in [2.45, 2.75) is 0 Å². The summed E-state index contributed by atoms with van der Waals surface area (Å²) in [7, 11) is 0. The number of nitrogens with one attached hydrogen (secondary N) is 1. The maximum absolute atomic E-state index is 10.6. The number of carboxylic acid groups (broad SMARTS) is 1. The van der Waals surface area contributed by atoms with Crippen LogP contribution in [0.25, 0.3) is 0 Å². The molecule has 1 aliphatic rings. The van der Waals surface area contributed by atoms with E-state index >= 15 is 0 Å². The van der Waals surface area contributed by atoms with Crippen molar-refractivity contribution in [3.63, 3.8) is 0 Å². The molecule has 0 unspecified atom stereocenters. The van der Waals surface area contributed by atoms with E-state index in [0.29, 0.717) is 31.3 Å². The van der Waals surface area contributed by atoms with Gasteiger partial charge >= 0.3 is 6.09 Å². The number of hydrogen-bond acceptors (Lipinski definition) is 3. The Bertz CT molecular complexity index is 280. The Morgan fingerprint density at radius 3 is 2.29 bits per heavy atom. The van der Waals surface area contributed by atoms with Gasteiger partial charge in [-0.25, -0.2) is 4.79 Å². The quantitative estimate of drug-likeness (QED) is 0.325. The Kier molecular flexibility index (Phi) is 3.48. The molecule has 14 heavy (non-hydrogen) atoms. The zero-order valence-corrected chi connectivity index (χ0v) is 8.25. The number of carbonyl (C=O) groups is 1. The van der Waals surface area contributed by atoms with Crippen molar-refractivity contribution in [1.29, 1.82) is 5.26 Å². The molecule has 0 atom stereocenters. The molecular formula is C7H10N4O2S. The van der Waals surface area contributed by atoms with Gasteiger partial charge in [-0.3, -0.25) is 5.32 Å². The normalized spacial score (nSPS) is 15.9. The minimum atomic E-state index is -0.913. The Labute approximate surface area is 86.7 Å². The van der Waals surface area contributed by atoms with Gasteiger partial charge in [0.25, 0.3) is 0 Å². The van der Waals surface area contributed by atoms with Crippen LogP contribution in [-0.2, 0) is 0 Å². The summed E-state index contributed by atoms with van der Waals surface area (Å²) in [6, 6.07) is 0. The van der Waals surface area contributed by atoms with Crippen molar-refractivity contribution in [3.05, 3.63) is 0 Å². The highest BCUT2D eigenvalue weighted by molar-refractivity contribution is 7.80. The first-order valence-electron chi connectivity index (χ1n) is 4.07. The van der Waals surface area contributed by atoms with Crippen molar-refractivity contribution in [3.8, 4) is 6.19 Å². The fourth-order valence-corrected chi connectivity index (χ4v) is 1.46. The SMILES string of the molecule is N#CNC(=S)N1CCN(C(=O)O)CC1. The molecule has 1 heterocycles. The molecule has 0 aromatic rings. The van der Waals surface area contributed by atoms with Crippen LogP contribution in [0.2, 0.25) is 0 Å². The first-order valence-corrected chi connectivity index (χ1v) is 4.48. The highest BCUT2D eigenvalue weighted by Crippen LogP contribution is 2.01. The van der Waals surface area contributed by atoms with Gasteiger partial charge in [0.1, 0.15) is 0 Å². The van der Waals surface area contributed by atoms with Gasteiger partial charge in [-0.2, -0.15) is 5.26 Å². The Balaban J connectivity index is 2.40. The smallest absolute Gasteiger partial charge is 0.407 e. The van der Waals surface area contributed by atoms with Crippen molar-refractivity contribution < 1.29 is 9.90 Å². The van der Waals surface area contributed by atoms with E-state index in [2.05, 4.69) is 5.32 Å². The summed E-state index contributed by atoms with van der Waals surface area (Å²) in [5.41, 5.74) is 0. The van der Waals surface area contributed by atoms with E-state index in [4.69, 9.17) is 22.6 Å². The second-order valence-corrected chi connectivity index (χ2v) is 3.19. The third-order valence-electron chi connectivity index (χ3n) is 2.00. The molecule has 1 fully saturated rings. The van der Waals surface area contributed by atoms with E-state index in [0.717, 1.165) is 0 Å². The summed E-state index contributed by atoms with van der Waals surface area (Å²) < 4.78 is 0. The lowest BCUT2D eigenvalue weighted by atomic mass is 10.3. The Hall–Kier alpha value is -1.55. The average Bonchev–Trinajstić information content (AvgIpc) is 2.18. The van der Waals surface area contributed by atoms with Gasteiger partial charge in [0.05, 0.1) is 0 Å². The molecule has 0 aromatic carbocycles. The summed E-state index contributed by atoms with van der Waals surface area (Å²) in [5.74, 6) is 0. The molecule has 76 valence electrons. The van der Waals surface area contributed by atoms with Crippen LogP contribution in [0.5, 0.6) is 0 Å². The van der Waals surface area contributed by atoms with E-state index in [1.807, 2.05) is 0 Å². The van der Waals surface area contributed by atoms with Gasteiger partial charge in [-0.1, -0.05) is 0 Å². The lowest BCUT2D eigenvalue weighted by molar-refractivity contribution is 0.124. The van der Waals surface area contributed by atoms with Crippen molar-refractivity contribution in [1.82, 2.24) is 15.1 Å². The molecule has 1 saturated heterocycles. The second-order valence-electron chi connectivity index (χ2n) is 2.80. The second kappa shape index (κ2) is 4.62. The lowest BCUT2D eigenvalue weighted by Crippen LogP contribution is -2.52. The van der Waals surface area contributed by atoms with E-state index in [-0.39, 0.29) is 0 Å². The third kappa shape index (κ3) is 2.47. The van der Waals surface area contributed by atoms with Crippen LogP contribution in [0.15, 0.2) is 0 Å². The predicted molar refractivity (Wildman–Crippen MR) is 52.5 cm³/mol. The summed E-state index contributed by atoms with van der Waals surface area (Å²) in [4.78, 5) is 13.7. The molecule has 1 rings (SSSR count). The summed E-state index contributed by atoms with van der Waals surface area (Å²) in [6.07, 6.45) is 0.823. The number of nitriles is 1. The van der Waals surface area contributed by atoms with Gasteiger partial charge in [-0.05, 0) is 12.2 Å². The first kappa shape index (κ1) is 10.5. The standard InChI is InChI=1S/C7H10N4O2S/c8-5-9-6(14)10-1-3-11(4-2-10)7(12)13/h1-4H2,(H,9,14)(H,12,13). The molecule has 0 radical (unpaired) electrons. The average molecular weight is 214 g/mol. The molecule has 2 N–H and O–H groups in total. The molecule has 1 amide bonds. The molecule has 0 spiro atoms. The van der Waals surface area contributed by atoms with Gasteiger partial charge < -0.3 is 14.9 Å². The molecular weight excluding hydrogens is 204 g/mol. The van der Waals surface area contributed by atoms with Crippen LogP contribution < -0.4 is 5.32 Å². The van der Waals surface area contributed by atoms with E-state index in [1.54, 1.807) is 11.1 Å². The Morgan fingerprint density at radius 1 is 1.36 bits per heavy atom. The van der Waals surface area contributed by atoms with Gasteiger partial charge in [0.15, 0.2) is 11.3 Å². The number of amides is 1. The van der Waals surface area contributed by atoms with Crippen LogP contribution in [0, 0.1) is 11.5 Å². The topological polar surface area (TPSA) is 79.6 Å². The Morgan fingerprint density at radius 2 is 1.86 bits per heavy atom. The molecule has 0 saturated carbocycles. The molecule has 7 heteroatoms. The predicted octanol–water partition coefficient (Wildman–Crippen LogP) is -0.362. The van der Waals surface area contributed by atoms with E-state index in [9.17, 15) is 4.79 Å². The number of thiocarbonyl (C=S) groups is 1. The minimum absolute atomic E-state index is 0.359. The summed E-state index contributed by atoms with van der Waals surface area (Å²) >= 11 is 4.90. The van der Waals surface area contributed by atoms with Crippen molar-refractivity contribution in [2.24, 2.45) is 0 Å². The number of nitrogens with zero attached hydrogens (tertiary/aromatic N) is 3. The van der Waals surface area contributed by atoms with Crippen LogP contribution >= 0.6 is 12.2 Å². The van der Waals surface area contributed by atoms with Gasteiger partial charge in [-0.15, -0.1) is 0 Å². The molecule has 0 bridgehead atoms. The van der Waals surface area contributed by atoms with Crippen LogP contribution in [0.1, 0.15) is 0 Å². The maximum atomic E-state index is 10.6. The fraction of sp³-hybridized carbons (Fsp3) is 0.571. The van der Waals surface area contributed by atoms with Crippen molar-refractivity contribution >= 4 is 23.4 Å². The number of piperazine rings is 1. The van der Waals surface area contributed by atoms with Crippen molar-refractivity contribution in [2.75, 3.05) is 26.2 Å². The highest BCUT2D eigenvalue weighted by Gasteiger charge is 2.21. The number of hydrogen-bond donors (Lipinski definition) is 2. The minimum Gasteiger partial charge on any atom is -0.465 e. The largest absolute Gasteiger partial charge is 0.465 e. The number of rotatable bonds is 0. The molecule has 1 aliphatic heterocycles. The molecule has 0 aliphatic carbocycles. The van der Waals surface area contributed by atoms with Gasteiger partial charge in [0.2, 0.25) is 0 Å².